The number of ether oxygens (including phenoxy) is 1. The lowest BCUT2D eigenvalue weighted by Crippen LogP contribution is -2.27. The summed E-state index contributed by atoms with van der Waals surface area (Å²) >= 11 is 2.75. The summed E-state index contributed by atoms with van der Waals surface area (Å²) in [5.41, 5.74) is 2.52. The van der Waals surface area contributed by atoms with Crippen LogP contribution in [0.5, 0.6) is 5.19 Å². The molecule has 7 heteroatoms. The van der Waals surface area contributed by atoms with Crippen molar-refractivity contribution in [2.75, 3.05) is 12.3 Å². The number of hydrogen-bond donors (Lipinski definition) is 1. The molecule has 0 unspecified atom stereocenters. The van der Waals surface area contributed by atoms with Gasteiger partial charge in [-0.3, -0.25) is 4.79 Å². The average Bonchev–Trinajstić information content (AvgIpc) is 3.17. The van der Waals surface area contributed by atoms with Crippen molar-refractivity contribution >= 4 is 29.0 Å². The number of benzene rings is 2. The second-order valence-electron chi connectivity index (χ2n) is 6.80. The van der Waals surface area contributed by atoms with Crippen molar-refractivity contribution in [1.82, 2.24) is 15.5 Å². The fourth-order valence-corrected chi connectivity index (χ4v) is 4.57. The van der Waals surface area contributed by atoms with Gasteiger partial charge < -0.3 is 10.1 Å². The topological polar surface area (TPSA) is 64.1 Å². The second-order valence-corrected chi connectivity index (χ2v) is 8.96. The number of nitrogens with one attached hydrogen (secondary N) is 1. The number of carbonyl (C=O) groups is 1. The van der Waals surface area contributed by atoms with Crippen molar-refractivity contribution in [3.05, 3.63) is 71.8 Å². The molecule has 1 aromatic heterocycles. The van der Waals surface area contributed by atoms with E-state index >= 15 is 0 Å². The van der Waals surface area contributed by atoms with Gasteiger partial charge in [0.05, 0.1) is 11.9 Å². The highest BCUT2D eigenvalue weighted by Crippen LogP contribution is 2.28. The summed E-state index contributed by atoms with van der Waals surface area (Å²) in [5.74, 6) is 0.568. The molecule has 3 rings (SSSR count). The summed E-state index contributed by atoms with van der Waals surface area (Å²) < 4.78 is 6.25. The van der Waals surface area contributed by atoms with E-state index in [-0.39, 0.29) is 17.9 Å². The molecule has 3 aromatic rings. The van der Waals surface area contributed by atoms with Crippen molar-refractivity contribution in [3.63, 3.8) is 0 Å². The van der Waals surface area contributed by atoms with Crippen LogP contribution >= 0.6 is 23.1 Å². The van der Waals surface area contributed by atoms with Crippen molar-refractivity contribution in [3.8, 4) is 5.19 Å². The molecule has 152 valence electrons. The van der Waals surface area contributed by atoms with Crippen LogP contribution in [0.15, 0.2) is 65.0 Å². The molecular formula is C22H25N3O2S2. The molecule has 0 aliphatic rings. The molecule has 0 spiro atoms. The Balaban J connectivity index is 1.49. The Hall–Kier alpha value is -2.38. The van der Waals surface area contributed by atoms with E-state index in [9.17, 15) is 4.79 Å². The predicted octanol–water partition coefficient (Wildman–Crippen LogP) is 4.76. The van der Waals surface area contributed by atoms with Crippen LogP contribution in [-0.2, 0) is 4.79 Å². The van der Waals surface area contributed by atoms with Gasteiger partial charge in [-0.2, -0.15) is 0 Å². The van der Waals surface area contributed by atoms with Crippen LogP contribution in [0.4, 0.5) is 0 Å². The third-order valence-corrected chi connectivity index (χ3v) is 6.16. The minimum absolute atomic E-state index is 0.00333. The minimum Gasteiger partial charge on any atom is -0.466 e. The van der Waals surface area contributed by atoms with Crippen LogP contribution in [0.2, 0.25) is 0 Å². The molecule has 1 N–H and O–H groups in total. The summed E-state index contributed by atoms with van der Waals surface area (Å²) in [4.78, 5) is 12.2. The first kappa shape index (κ1) is 21.3. The van der Waals surface area contributed by atoms with Crippen LogP contribution in [0.1, 0.15) is 37.3 Å². The zero-order valence-corrected chi connectivity index (χ0v) is 18.2. The SMILES string of the molecule is CC(C)Oc1nnc(SCC(=O)NCCC(c2ccccc2)c2ccccc2)s1. The standard InChI is InChI=1S/C22H25N3O2S2/c1-16(2)27-21-24-25-22(29-21)28-15-20(26)23-14-13-19(17-9-5-3-6-10-17)18-11-7-4-8-12-18/h3-12,16,19H,13-15H2,1-2H3,(H,23,26). The van der Waals surface area contributed by atoms with E-state index in [2.05, 4.69) is 64.0 Å². The van der Waals surface area contributed by atoms with E-state index in [1.807, 2.05) is 26.0 Å². The van der Waals surface area contributed by atoms with Crippen molar-refractivity contribution in [1.29, 1.82) is 0 Å². The van der Waals surface area contributed by atoms with Crippen molar-refractivity contribution < 1.29 is 9.53 Å². The Bertz CT molecular complexity index is 846. The van der Waals surface area contributed by atoms with Gasteiger partial charge in [-0.1, -0.05) is 77.5 Å². The zero-order valence-electron chi connectivity index (χ0n) is 16.6. The third kappa shape index (κ3) is 6.87. The molecule has 1 heterocycles. The van der Waals surface area contributed by atoms with E-state index in [4.69, 9.17) is 4.74 Å². The maximum absolute atomic E-state index is 12.2. The zero-order chi connectivity index (χ0) is 20.5. The number of amides is 1. The molecule has 0 radical (unpaired) electrons. The fraction of sp³-hybridized carbons (Fsp3) is 0.318. The number of carbonyl (C=O) groups excluding carboxylic acids is 1. The van der Waals surface area contributed by atoms with Crippen molar-refractivity contribution in [2.24, 2.45) is 0 Å². The number of rotatable bonds is 10. The van der Waals surface area contributed by atoms with E-state index in [0.29, 0.717) is 17.5 Å². The van der Waals surface area contributed by atoms with E-state index in [1.54, 1.807) is 0 Å². The van der Waals surface area contributed by atoms with Crippen LogP contribution in [0.25, 0.3) is 0 Å². The average molecular weight is 428 g/mol. The van der Waals surface area contributed by atoms with Gasteiger partial charge in [0.2, 0.25) is 5.91 Å². The first-order valence-electron chi connectivity index (χ1n) is 9.61. The molecule has 0 saturated carbocycles. The lowest BCUT2D eigenvalue weighted by atomic mass is 9.88. The van der Waals surface area contributed by atoms with E-state index in [0.717, 1.165) is 10.8 Å². The lowest BCUT2D eigenvalue weighted by Gasteiger charge is -2.18. The quantitative estimate of drug-likeness (QED) is 0.473. The van der Waals surface area contributed by atoms with Gasteiger partial charge in [-0.05, 0) is 42.7 Å². The number of aromatic nitrogens is 2. The maximum atomic E-state index is 12.2. The maximum Gasteiger partial charge on any atom is 0.295 e. The van der Waals surface area contributed by atoms with Crippen molar-refractivity contribution in [2.45, 2.75) is 36.6 Å². The predicted molar refractivity (Wildman–Crippen MR) is 119 cm³/mol. The van der Waals surface area contributed by atoms with Crippen LogP contribution in [-0.4, -0.2) is 34.5 Å². The monoisotopic (exact) mass is 427 g/mol. The van der Waals surface area contributed by atoms with Crippen LogP contribution in [0, 0.1) is 0 Å². The molecule has 0 atom stereocenters. The first-order valence-corrected chi connectivity index (χ1v) is 11.4. The highest BCUT2D eigenvalue weighted by atomic mass is 32.2. The second kappa shape index (κ2) is 11.0. The van der Waals surface area contributed by atoms with Gasteiger partial charge in [-0.25, -0.2) is 0 Å². The number of hydrogen-bond acceptors (Lipinski definition) is 6. The summed E-state index contributed by atoms with van der Waals surface area (Å²) in [6.07, 6.45) is 0.904. The smallest absolute Gasteiger partial charge is 0.295 e. The van der Waals surface area contributed by atoms with Gasteiger partial charge in [0.1, 0.15) is 0 Å². The van der Waals surface area contributed by atoms with E-state index < -0.39 is 0 Å². The molecule has 0 aliphatic carbocycles. The molecule has 0 aliphatic heterocycles. The molecule has 5 nitrogen and oxygen atoms in total. The van der Waals surface area contributed by atoms with Gasteiger partial charge in [0.25, 0.3) is 5.19 Å². The third-order valence-electron chi connectivity index (χ3n) is 4.21. The van der Waals surface area contributed by atoms with E-state index in [1.165, 1.54) is 34.2 Å². The fourth-order valence-electron chi connectivity index (χ4n) is 2.94. The Morgan fingerprint density at radius 3 is 2.24 bits per heavy atom. The van der Waals surface area contributed by atoms with Crippen LogP contribution in [0.3, 0.4) is 0 Å². The molecule has 0 fully saturated rings. The summed E-state index contributed by atoms with van der Waals surface area (Å²) in [6.45, 7) is 4.51. The minimum atomic E-state index is -0.00333. The molecule has 1 amide bonds. The first-order chi connectivity index (χ1) is 14.1. The summed E-state index contributed by atoms with van der Waals surface area (Å²) in [6, 6.07) is 20.8. The largest absolute Gasteiger partial charge is 0.466 e. The van der Waals surface area contributed by atoms with Crippen LogP contribution < -0.4 is 10.1 Å². The van der Waals surface area contributed by atoms with Gasteiger partial charge in [0.15, 0.2) is 4.34 Å². The molecule has 0 saturated heterocycles. The lowest BCUT2D eigenvalue weighted by molar-refractivity contribution is -0.118. The highest BCUT2D eigenvalue weighted by Gasteiger charge is 2.15. The van der Waals surface area contributed by atoms with Gasteiger partial charge >= 0.3 is 0 Å². The summed E-state index contributed by atoms with van der Waals surface area (Å²) in [5, 5.41) is 11.6. The normalized spacial score (nSPS) is 11.0. The molecule has 2 aromatic carbocycles. The van der Waals surface area contributed by atoms with Gasteiger partial charge in [-0.15, -0.1) is 5.10 Å². The van der Waals surface area contributed by atoms with Gasteiger partial charge in [0, 0.05) is 12.5 Å². The Kier molecular flexibility index (Phi) is 8.07. The number of thioether (sulfide) groups is 1. The molecule has 0 bridgehead atoms. The Morgan fingerprint density at radius 2 is 1.66 bits per heavy atom. The highest BCUT2D eigenvalue weighted by molar-refractivity contribution is 8.01. The Morgan fingerprint density at radius 1 is 1.03 bits per heavy atom. The molecular weight excluding hydrogens is 402 g/mol. The summed E-state index contributed by atoms with van der Waals surface area (Å²) in [7, 11) is 0. The Labute approximate surface area is 179 Å². The molecule has 29 heavy (non-hydrogen) atoms. The number of nitrogens with zero attached hydrogens (tertiary/aromatic N) is 2.